The van der Waals surface area contributed by atoms with Gasteiger partial charge in [-0.2, -0.15) is 0 Å². The fraction of sp³-hybridized carbons (Fsp3) is 0.688. The first-order valence-corrected chi connectivity index (χ1v) is 8.20. The molecule has 22 heavy (non-hydrogen) atoms. The Morgan fingerprint density at radius 3 is 2.86 bits per heavy atom. The van der Waals surface area contributed by atoms with E-state index < -0.39 is 0 Å². The zero-order chi connectivity index (χ0) is 15.2. The summed E-state index contributed by atoms with van der Waals surface area (Å²) in [6.45, 7) is 8.41. The Morgan fingerprint density at radius 1 is 1.36 bits per heavy atom. The third kappa shape index (κ3) is 2.35. The number of hydrogen-bond donors (Lipinski definition) is 1. The van der Waals surface area contributed by atoms with Crippen molar-refractivity contribution in [2.24, 2.45) is 10.9 Å². The number of aliphatic imine (C=N–C) groups is 1. The molecular formula is C16H23N5O. The Kier molecular flexibility index (Phi) is 3.29. The molecule has 0 unspecified atom stereocenters. The zero-order valence-corrected chi connectivity index (χ0v) is 13.2. The van der Waals surface area contributed by atoms with Gasteiger partial charge in [0.15, 0.2) is 0 Å². The lowest BCUT2D eigenvalue weighted by Crippen LogP contribution is -2.61. The van der Waals surface area contributed by atoms with Gasteiger partial charge in [0.2, 0.25) is 5.95 Å². The molecule has 0 aliphatic carbocycles. The topological polar surface area (TPSA) is 62.6 Å². The van der Waals surface area contributed by atoms with Crippen molar-refractivity contribution in [1.29, 1.82) is 0 Å². The number of fused-ring (bicyclic) bond motifs is 2. The van der Waals surface area contributed by atoms with Crippen molar-refractivity contribution in [3.05, 3.63) is 18.0 Å². The molecular weight excluding hydrogens is 278 g/mol. The number of ether oxygens (including phenoxy) is 1. The number of rotatable bonds is 2. The van der Waals surface area contributed by atoms with Crippen LogP contribution < -0.4 is 5.32 Å². The molecule has 1 spiro atoms. The summed E-state index contributed by atoms with van der Waals surface area (Å²) in [4.78, 5) is 15.9. The van der Waals surface area contributed by atoms with Crippen molar-refractivity contribution in [1.82, 2.24) is 14.9 Å². The minimum absolute atomic E-state index is 0.117. The van der Waals surface area contributed by atoms with Crippen LogP contribution in [0.5, 0.6) is 0 Å². The lowest BCUT2D eigenvalue weighted by atomic mass is 9.75. The quantitative estimate of drug-likeness (QED) is 0.903. The second-order valence-corrected chi connectivity index (χ2v) is 6.92. The lowest BCUT2D eigenvalue weighted by Gasteiger charge is -2.50. The van der Waals surface area contributed by atoms with Gasteiger partial charge in [0.25, 0.3) is 6.02 Å². The number of nitrogens with zero attached hydrogens (tertiary/aromatic N) is 4. The summed E-state index contributed by atoms with van der Waals surface area (Å²) in [5.41, 5.74) is 0.905. The molecule has 4 aliphatic heterocycles. The summed E-state index contributed by atoms with van der Waals surface area (Å²) < 4.78 is 6.25. The van der Waals surface area contributed by atoms with Crippen LogP contribution in [-0.2, 0) is 4.74 Å². The molecule has 6 heteroatoms. The van der Waals surface area contributed by atoms with Crippen LogP contribution in [0.4, 0.5) is 5.95 Å². The molecule has 0 saturated carbocycles. The van der Waals surface area contributed by atoms with Crippen molar-refractivity contribution in [3.63, 3.8) is 0 Å². The number of piperidine rings is 3. The molecule has 3 saturated heterocycles. The van der Waals surface area contributed by atoms with E-state index in [4.69, 9.17) is 4.74 Å². The molecule has 2 bridgehead atoms. The van der Waals surface area contributed by atoms with Crippen LogP contribution in [0.1, 0.15) is 38.3 Å². The van der Waals surface area contributed by atoms with E-state index in [1.807, 2.05) is 6.07 Å². The van der Waals surface area contributed by atoms with Gasteiger partial charge in [-0.15, -0.1) is 0 Å². The van der Waals surface area contributed by atoms with Crippen molar-refractivity contribution in [2.45, 2.75) is 38.2 Å². The second kappa shape index (κ2) is 5.19. The Bertz CT molecular complexity index is 594. The van der Waals surface area contributed by atoms with Gasteiger partial charge in [0.05, 0.1) is 6.54 Å². The van der Waals surface area contributed by atoms with Gasteiger partial charge in [-0.1, -0.05) is 13.8 Å². The number of nitrogens with one attached hydrogen (secondary N) is 1. The summed E-state index contributed by atoms with van der Waals surface area (Å²) in [5.74, 6) is 1.58. The average Bonchev–Trinajstić information content (AvgIpc) is 2.91. The van der Waals surface area contributed by atoms with E-state index in [9.17, 15) is 0 Å². The highest BCUT2D eigenvalue weighted by Gasteiger charge is 2.51. The van der Waals surface area contributed by atoms with Crippen molar-refractivity contribution >= 4 is 12.0 Å². The Labute approximate surface area is 131 Å². The summed E-state index contributed by atoms with van der Waals surface area (Å²) in [5, 5.41) is 3.15. The van der Waals surface area contributed by atoms with E-state index in [1.165, 1.54) is 25.9 Å². The summed E-state index contributed by atoms with van der Waals surface area (Å²) in [7, 11) is 0. The van der Waals surface area contributed by atoms with Crippen LogP contribution in [0, 0.1) is 5.92 Å². The molecule has 118 valence electrons. The highest BCUT2D eigenvalue weighted by Crippen LogP contribution is 2.40. The molecule has 3 fully saturated rings. The smallest absolute Gasteiger partial charge is 0.292 e. The maximum atomic E-state index is 6.25. The molecule has 0 aromatic carbocycles. The average molecular weight is 301 g/mol. The van der Waals surface area contributed by atoms with E-state index in [-0.39, 0.29) is 5.60 Å². The molecule has 0 radical (unpaired) electrons. The van der Waals surface area contributed by atoms with Crippen LogP contribution in [0.25, 0.3) is 0 Å². The minimum Gasteiger partial charge on any atom is -0.455 e. The standard InChI is InChI=1S/C16H23N5O/c1-11(2)13-3-6-17-14(19-13)20-15-18-9-16(22-15)10-21-7-4-12(16)5-8-21/h3,6,11-12H,4-5,7-10H2,1-2H3,(H,17,18,19,20)/t16-/m0/s1. The van der Waals surface area contributed by atoms with E-state index in [1.54, 1.807) is 6.20 Å². The van der Waals surface area contributed by atoms with Crippen LogP contribution in [0.15, 0.2) is 17.3 Å². The van der Waals surface area contributed by atoms with Gasteiger partial charge < -0.3 is 4.74 Å². The van der Waals surface area contributed by atoms with E-state index in [0.29, 0.717) is 23.8 Å². The van der Waals surface area contributed by atoms with Crippen molar-refractivity contribution in [3.8, 4) is 0 Å². The first-order valence-electron chi connectivity index (χ1n) is 8.20. The molecule has 4 aliphatic rings. The number of hydrogen-bond acceptors (Lipinski definition) is 6. The Balaban J connectivity index is 1.46. The predicted molar refractivity (Wildman–Crippen MR) is 85.0 cm³/mol. The van der Waals surface area contributed by atoms with Crippen molar-refractivity contribution in [2.75, 3.05) is 31.5 Å². The molecule has 0 amide bonds. The van der Waals surface area contributed by atoms with Gasteiger partial charge in [0.1, 0.15) is 5.60 Å². The number of anilines is 1. The fourth-order valence-corrected chi connectivity index (χ4v) is 3.80. The van der Waals surface area contributed by atoms with Gasteiger partial charge in [-0.25, -0.2) is 15.0 Å². The highest BCUT2D eigenvalue weighted by molar-refractivity contribution is 5.88. The molecule has 1 aromatic rings. The van der Waals surface area contributed by atoms with Crippen LogP contribution in [0.2, 0.25) is 0 Å². The highest BCUT2D eigenvalue weighted by atomic mass is 16.5. The predicted octanol–water partition coefficient (Wildman–Crippen LogP) is 1.86. The van der Waals surface area contributed by atoms with Crippen LogP contribution >= 0.6 is 0 Å². The molecule has 1 N–H and O–H groups in total. The third-order valence-electron chi connectivity index (χ3n) is 5.10. The fourth-order valence-electron chi connectivity index (χ4n) is 3.80. The molecule has 5 heterocycles. The summed E-state index contributed by atoms with van der Waals surface area (Å²) in [6.07, 6.45) is 4.23. The summed E-state index contributed by atoms with van der Waals surface area (Å²) >= 11 is 0. The van der Waals surface area contributed by atoms with Crippen molar-refractivity contribution < 1.29 is 4.74 Å². The third-order valence-corrected chi connectivity index (χ3v) is 5.10. The first-order chi connectivity index (χ1) is 10.6. The Hall–Kier alpha value is -1.69. The lowest BCUT2D eigenvalue weighted by molar-refractivity contribution is -0.0829. The van der Waals surface area contributed by atoms with Crippen LogP contribution in [-0.4, -0.2) is 52.7 Å². The van der Waals surface area contributed by atoms with Gasteiger partial charge in [0, 0.05) is 24.4 Å². The molecule has 1 atom stereocenters. The number of aromatic nitrogens is 2. The van der Waals surface area contributed by atoms with E-state index in [0.717, 1.165) is 18.8 Å². The monoisotopic (exact) mass is 301 g/mol. The maximum absolute atomic E-state index is 6.25. The second-order valence-electron chi connectivity index (χ2n) is 6.92. The first kappa shape index (κ1) is 13.9. The normalized spacial score (nSPS) is 33.1. The summed E-state index contributed by atoms with van der Waals surface area (Å²) in [6, 6.07) is 2.52. The van der Waals surface area contributed by atoms with Crippen LogP contribution in [0.3, 0.4) is 0 Å². The zero-order valence-electron chi connectivity index (χ0n) is 13.2. The van der Waals surface area contributed by atoms with Gasteiger partial charge in [-0.05, 0) is 37.9 Å². The maximum Gasteiger partial charge on any atom is 0.292 e. The molecule has 6 nitrogen and oxygen atoms in total. The Morgan fingerprint density at radius 2 is 2.18 bits per heavy atom. The van der Waals surface area contributed by atoms with E-state index in [2.05, 4.69) is 39.0 Å². The largest absolute Gasteiger partial charge is 0.455 e. The van der Waals surface area contributed by atoms with Gasteiger partial charge >= 0.3 is 0 Å². The van der Waals surface area contributed by atoms with Gasteiger partial charge in [-0.3, -0.25) is 10.2 Å². The molecule has 5 rings (SSSR count). The molecule has 1 aromatic heterocycles. The minimum atomic E-state index is -0.117. The SMILES string of the molecule is CC(C)c1ccnc(NC2=NC[C@@]3(CN4CCC3CC4)O2)n1. The number of amidine groups is 1. The van der Waals surface area contributed by atoms with E-state index >= 15 is 0 Å².